The van der Waals surface area contributed by atoms with Crippen molar-refractivity contribution in [2.75, 3.05) is 0 Å². The Hall–Kier alpha value is -3.03. The van der Waals surface area contributed by atoms with E-state index in [1.807, 2.05) is 0 Å². The number of alkyl halides is 3. The third-order valence-corrected chi connectivity index (χ3v) is 3.86. The number of halogens is 3. The Morgan fingerprint density at radius 3 is 1.89 bits per heavy atom. The number of benzene rings is 2. The van der Waals surface area contributed by atoms with E-state index in [9.17, 15) is 22.8 Å². The van der Waals surface area contributed by atoms with Gasteiger partial charge in [-0.15, -0.1) is 13.2 Å². The molecule has 5 nitrogen and oxygen atoms in total. The summed E-state index contributed by atoms with van der Waals surface area (Å²) in [5.41, 5.74) is -0.233. The summed E-state index contributed by atoms with van der Waals surface area (Å²) in [5.74, 6) is -1.30. The van der Waals surface area contributed by atoms with Gasteiger partial charge in [-0.25, -0.2) is 4.79 Å². The predicted octanol–water partition coefficient (Wildman–Crippen LogP) is 4.64. The molecule has 0 radical (unpaired) electrons. The Morgan fingerprint density at radius 1 is 0.893 bits per heavy atom. The molecule has 0 aromatic heterocycles. The van der Waals surface area contributed by atoms with E-state index in [-0.39, 0.29) is 23.5 Å². The van der Waals surface area contributed by atoms with Crippen LogP contribution in [0.4, 0.5) is 13.2 Å². The second-order valence-corrected chi connectivity index (χ2v) is 6.56. The fraction of sp³-hybridized carbons (Fsp3) is 0.300. The molecule has 0 aliphatic carbocycles. The summed E-state index contributed by atoms with van der Waals surface area (Å²) in [5, 5.41) is 9.06. The Morgan fingerprint density at radius 2 is 1.39 bits per heavy atom. The van der Waals surface area contributed by atoms with Crippen molar-refractivity contribution in [2.45, 2.75) is 38.7 Å². The van der Waals surface area contributed by atoms with Crippen LogP contribution in [0.3, 0.4) is 0 Å². The normalized spacial score (nSPS) is 11.8. The molecule has 0 saturated carbocycles. The monoisotopic (exact) mass is 396 g/mol. The highest BCUT2D eigenvalue weighted by atomic mass is 19.4. The zero-order valence-electron chi connectivity index (χ0n) is 15.2. The number of ketones is 1. The van der Waals surface area contributed by atoms with E-state index in [2.05, 4.69) is 4.74 Å². The number of hydrogen-bond donors (Lipinski definition) is 1. The van der Waals surface area contributed by atoms with Crippen molar-refractivity contribution in [3.05, 3.63) is 59.7 Å². The zero-order chi connectivity index (χ0) is 20.9. The minimum Gasteiger partial charge on any atom is -0.478 e. The Labute approximate surface area is 159 Å². The molecule has 0 aliphatic heterocycles. The van der Waals surface area contributed by atoms with Gasteiger partial charge in [-0.3, -0.25) is 4.79 Å². The van der Waals surface area contributed by atoms with Gasteiger partial charge in [0, 0.05) is 12.0 Å². The molecule has 0 amide bonds. The maximum atomic E-state index is 12.2. The summed E-state index contributed by atoms with van der Waals surface area (Å²) in [7, 11) is 0. The quantitative estimate of drug-likeness (QED) is 0.658. The van der Waals surface area contributed by atoms with Crippen LogP contribution in [0.15, 0.2) is 48.5 Å². The first-order chi connectivity index (χ1) is 13.0. The van der Waals surface area contributed by atoms with Gasteiger partial charge in [-0.05, 0) is 62.2 Å². The summed E-state index contributed by atoms with van der Waals surface area (Å²) >= 11 is 0. The lowest BCUT2D eigenvalue weighted by Crippen LogP contribution is -2.37. The SMILES string of the molecule is CC(C)(Oc1ccc(CCC(=O)c2ccc(OC(F)(F)F)cc2)cc1)C(=O)O. The largest absolute Gasteiger partial charge is 0.573 e. The number of carbonyl (C=O) groups excluding carboxylic acids is 1. The highest BCUT2D eigenvalue weighted by Gasteiger charge is 2.31. The molecule has 0 spiro atoms. The molecule has 0 unspecified atom stereocenters. The van der Waals surface area contributed by atoms with Crippen molar-refractivity contribution < 1.29 is 37.3 Å². The molecular formula is C20H19F3O5. The predicted molar refractivity (Wildman–Crippen MR) is 94.6 cm³/mol. The van der Waals surface area contributed by atoms with Gasteiger partial charge in [-0.1, -0.05) is 12.1 Å². The fourth-order valence-electron chi connectivity index (χ4n) is 2.31. The maximum absolute atomic E-state index is 12.2. The minimum atomic E-state index is -4.78. The van der Waals surface area contributed by atoms with Crippen LogP contribution in [-0.2, 0) is 11.2 Å². The van der Waals surface area contributed by atoms with E-state index in [1.165, 1.54) is 26.0 Å². The van der Waals surface area contributed by atoms with Crippen LogP contribution < -0.4 is 9.47 Å². The molecule has 28 heavy (non-hydrogen) atoms. The van der Waals surface area contributed by atoms with E-state index in [1.54, 1.807) is 24.3 Å². The first-order valence-corrected chi connectivity index (χ1v) is 8.37. The van der Waals surface area contributed by atoms with Gasteiger partial charge < -0.3 is 14.6 Å². The summed E-state index contributed by atoms with van der Waals surface area (Å²) in [6, 6.07) is 11.4. The molecule has 2 aromatic carbocycles. The van der Waals surface area contributed by atoms with E-state index in [0.717, 1.165) is 17.7 Å². The minimum absolute atomic E-state index is 0.167. The number of hydrogen-bond acceptors (Lipinski definition) is 4. The van der Waals surface area contributed by atoms with Crippen molar-refractivity contribution in [2.24, 2.45) is 0 Å². The molecule has 0 fully saturated rings. The first-order valence-electron chi connectivity index (χ1n) is 8.37. The van der Waals surface area contributed by atoms with Crippen LogP contribution in [0.25, 0.3) is 0 Å². The van der Waals surface area contributed by atoms with E-state index < -0.39 is 17.9 Å². The number of aryl methyl sites for hydroxylation is 1. The molecule has 150 valence electrons. The van der Waals surface area contributed by atoms with Crippen LogP contribution in [0, 0.1) is 0 Å². The van der Waals surface area contributed by atoms with Crippen LogP contribution >= 0.6 is 0 Å². The van der Waals surface area contributed by atoms with E-state index in [4.69, 9.17) is 9.84 Å². The molecule has 0 saturated heterocycles. The summed E-state index contributed by atoms with van der Waals surface area (Å²) in [6.45, 7) is 2.87. The second kappa shape index (κ2) is 8.33. The van der Waals surface area contributed by atoms with Crippen molar-refractivity contribution in [1.29, 1.82) is 0 Å². The van der Waals surface area contributed by atoms with E-state index in [0.29, 0.717) is 12.2 Å². The van der Waals surface area contributed by atoms with Gasteiger partial charge in [0.2, 0.25) is 0 Å². The van der Waals surface area contributed by atoms with Crippen LogP contribution in [0.2, 0.25) is 0 Å². The Bertz CT molecular complexity index is 824. The van der Waals surface area contributed by atoms with Crippen molar-refractivity contribution in [3.8, 4) is 11.5 Å². The van der Waals surface area contributed by atoms with Crippen LogP contribution in [0.5, 0.6) is 11.5 Å². The van der Waals surface area contributed by atoms with Gasteiger partial charge >= 0.3 is 12.3 Å². The second-order valence-electron chi connectivity index (χ2n) is 6.56. The number of carbonyl (C=O) groups is 2. The standard InChI is InChI=1S/C20H19F3O5/c1-19(2,18(25)26)27-15-8-3-13(4-9-15)5-12-17(24)14-6-10-16(11-7-14)28-20(21,22)23/h3-4,6-11H,5,12H2,1-2H3,(H,25,26). The number of rotatable bonds is 8. The Kier molecular flexibility index (Phi) is 6.33. The van der Waals surface area contributed by atoms with Crippen molar-refractivity contribution in [3.63, 3.8) is 0 Å². The number of carboxylic acid groups (broad SMARTS) is 1. The highest BCUT2D eigenvalue weighted by molar-refractivity contribution is 5.96. The molecule has 0 atom stereocenters. The lowest BCUT2D eigenvalue weighted by atomic mass is 10.0. The third-order valence-electron chi connectivity index (χ3n) is 3.86. The molecule has 8 heteroatoms. The number of Topliss-reactive ketones (excluding diaryl/α,β-unsaturated/α-hetero) is 1. The molecule has 2 rings (SSSR count). The highest BCUT2D eigenvalue weighted by Crippen LogP contribution is 2.23. The maximum Gasteiger partial charge on any atom is 0.573 e. The smallest absolute Gasteiger partial charge is 0.478 e. The summed E-state index contributed by atoms with van der Waals surface area (Å²) < 4.78 is 45.6. The van der Waals surface area contributed by atoms with Crippen molar-refractivity contribution in [1.82, 2.24) is 0 Å². The van der Waals surface area contributed by atoms with E-state index >= 15 is 0 Å². The molecular weight excluding hydrogens is 377 g/mol. The van der Waals surface area contributed by atoms with Gasteiger partial charge in [0.15, 0.2) is 11.4 Å². The topological polar surface area (TPSA) is 72.8 Å². The summed E-state index contributed by atoms with van der Waals surface area (Å²) in [6.07, 6.45) is -4.19. The van der Waals surface area contributed by atoms with Gasteiger partial charge in [0.25, 0.3) is 0 Å². The molecule has 0 heterocycles. The van der Waals surface area contributed by atoms with Crippen LogP contribution in [-0.4, -0.2) is 28.8 Å². The average molecular weight is 396 g/mol. The zero-order valence-corrected chi connectivity index (χ0v) is 15.2. The fourth-order valence-corrected chi connectivity index (χ4v) is 2.31. The molecule has 0 aliphatic rings. The lowest BCUT2D eigenvalue weighted by Gasteiger charge is -2.21. The van der Waals surface area contributed by atoms with Gasteiger partial charge in [0.1, 0.15) is 11.5 Å². The Balaban J connectivity index is 1.91. The van der Waals surface area contributed by atoms with Gasteiger partial charge in [-0.2, -0.15) is 0 Å². The first kappa shape index (κ1) is 21.3. The van der Waals surface area contributed by atoms with Crippen molar-refractivity contribution >= 4 is 11.8 Å². The average Bonchev–Trinajstić information content (AvgIpc) is 2.59. The van der Waals surface area contributed by atoms with Crippen LogP contribution in [0.1, 0.15) is 36.2 Å². The third kappa shape index (κ3) is 6.29. The molecule has 2 aromatic rings. The number of carboxylic acids is 1. The lowest BCUT2D eigenvalue weighted by molar-refractivity contribution is -0.274. The molecule has 1 N–H and O–H groups in total. The van der Waals surface area contributed by atoms with Gasteiger partial charge in [0.05, 0.1) is 0 Å². The number of ether oxygens (including phenoxy) is 2. The molecule has 0 bridgehead atoms. The number of aliphatic carboxylic acids is 1. The summed E-state index contributed by atoms with van der Waals surface area (Å²) in [4.78, 5) is 23.3.